The highest BCUT2D eigenvalue weighted by atomic mass is 15.3. The van der Waals surface area contributed by atoms with Crippen molar-refractivity contribution in [2.24, 2.45) is 0 Å². The largest absolute Gasteiger partial charge is 0.305 e. The lowest BCUT2D eigenvalue weighted by Crippen LogP contribution is -2.22. The second kappa shape index (κ2) is 5.12. The SMILES string of the molecule is C/C=C\C=C(/C)C1NCCCn2nccc21. The lowest BCUT2D eigenvalue weighted by molar-refractivity contribution is 0.587. The predicted molar refractivity (Wildman–Crippen MR) is 66.2 cm³/mol. The van der Waals surface area contributed by atoms with Crippen molar-refractivity contribution in [3.05, 3.63) is 41.8 Å². The molecule has 16 heavy (non-hydrogen) atoms. The maximum absolute atomic E-state index is 4.36. The number of allylic oxidation sites excluding steroid dienone is 3. The van der Waals surface area contributed by atoms with Crippen molar-refractivity contribution >= 4 is 0 Å². The van der Waals surface area contributed by atoms with E-state index in [1.165, 1.54) is 11.3 Å². The molecule has 1 aromatic heterocycles. The van der Waals surface area contributed by atoms with E-state index < -0.39 is 0 Å². The molecule has 0 aliphatic carbocycles. The fourth-order valence-corrected chi connectivity index (χ4v) is 2.09. The molecule has 3 nitrogen and oxygen atoms in total. The van der Waals surface area contributed by atoms with Crippen molar-refractivity contribution in [1.29, 1.82) is 0 Å². The van der Waals surface area contributed by atoms with Crippen LogP contribution >= 0.6 is 0 Å². The van der Waals surface area contributed by atoms with Crippen LogP contribution in [0, 0.1) is 0 Å². The summed E-state index contributed by atoms with van der Waals surface area (Å²) >= 11 is 0. The third-order valence-corrected chi connectivity index (χ3v) is 2.95. The summed E-state index contributed by atoms with van der Waals surface area (Å²) in [5, 5.41) is 7.93. The molecule has 1 atom stereocenters. The van der Waals surface area contributed by atoms with Crippen LogP contribution in [0.4, 0.5) is 0 Å². The molecule has 0 radical (unpaired) electrons. The van der Waals surface area contributed by atoms with Gasteiger partial charge in [0.25, 0.3) is 0 Å². The van der Waals surface area contributed by atoms with E-state index in [0.717, 1.165) is 19.5 Å². The van der Waals surface area contributed by atoms with Crippen LogP contribution in [0.2, 0.25) is 0 Å². The molecule has 0 saturated heterocycles. The maximum atomic E-state index is 4.36. The summed E-state index contributed by atoms with van der Waals surface area (Å²) < 4.78 is 2.11. The van der Waals surface area contributed by atoms with E-state index in [1.54, 1.807) is 0 Å². The molecule has 0 bridgehead atoms. The third kappa shape index (κ3) is 2.25. The van der Waals surface area contributed by atoms with Gasteiger partial charge in [-0.1, -0.05) is 23.8 Å². The van der Waals surface area contributed by atoms with Crippen molar-refractivity contribution in [1.82, 2.24) is 15.1 Å². The van der Waals surface area contributed by atoms with E-state index in [2.05, 4.69) is 46.3 Å². The molecule has 1 aliphatic rings. The quantitative estimate of drug-likeness (QED) is 0.771. The Bertz CT molecular complexity index is 401. The van der Waals surface area contributed by atoms with E-state index in [4.69, 9.17) is 0 Å². The molecule has 0 amide bonds. The zero-order chi connectivity index (χ0) is 11.4. The Morgan fingerprint density at radius 2 is 2.50 bits per heavy atom. The minimum absolute atomic E-state index is 0.307. The van der Waals surface area contributed by atoms with E-state index >= 15 is 0 Å². The number of nitrogens with zero attached hydrogens (tertiary/aromatic N) is 2. The van der Waals surface area contributed by atoms with Gasteiger partial charge >= 0.3 is 0 Å². The van der Waals surface area contributed by atoms with E-state index in [9.17, 15) is 0 Å². The molecule has 0 aromatic carbocycles. The molecule has 1 aliphatic heterocycles. The third-order valence-electron chi connectivity index (χ3n) is 2.95. The molecule has 2 rings (SSSR count). The molecule has 0 fully saturated rings. The molecule has 0 spiro atoms. The van der Waals surface area contributed by atoms with Crippen LogP contribution in [0.5, 0.6) is 0 Å². The highest BCUT2D eigenvalue weighted by Gasteiger charge is 2.19. The van der Waals surface area contributed by atoms with Crippen LogP contribution < -0.4 is 5.32 Å². The molecule has 1 N–H and O–H groups in total. The highest BCUT2D eigenvalue weighted by molar-refractivity contribution is 5.24. The number of hydrogen-bond donors (Lipinski definition) is 1. The van der Waals surface area contributed by atoms with Gasteiger partial charge < -0.3 is 5.32 Å². The van der Waals surface area contributed by atoms with E-state index in [1.807, 2.05) is 13.1 Å². The van der Waals surface area contributed by atoms with Crippen LogP contribution in [0.1, 0.15) is 32.0 Å². The zero-order valence-electron chi connectivity index (χ0n) is 9.98. The lowest BCUT2D eigenvalue weighted by Gasteiger charge is -2.17. The second-order valence-corrected chi connectivity index (χ2v) is 4.16. The van der Waals surface area contributed by atoms with Crippen LogP contribution in [-0.4, -0.2) is 16.3 Å². The van der Waals surface area contributed by atoms with Gasteiger partial charge in [0.2, 0.25) is 0 Å². The van der Waals surface area contributed by atoms with Crippen LogP contribution in [0.15, 0.2) is 36.1 Å². The first kappa shape index (κ1) is 11.1. The van der Waals surface area contributed by atoms with Crippen molar-refractivity contribution in [3.63, 3.8) is 0 Å². The predicted octanol–water partition coefficient (Wildman–Crippen LogP) is 2.44. The molecule has 0 saturated carbocycles. The van der Waals surface area contributed by atoms with Gasteiger partial charge in [-0.2, -0.15) is 5.10 Å². The fourth-order valence-electron chi connectivity index (χ4n) is 2.09. The van der Waals surface area contributed by atoms with Gasteiger partial charge in [0.15, 0.2) is 0 Å². The average Bonchev–Trinajstić information content (AvgIpc) is 2.66. The first-order chi connectivity index (χ1) is 7.83. The average molecular weight is 217 g/mol. The number of nitrogens with one attached hydrogen (secondary N) is 1. The summed E-state index contributed by atoms with van der Waals surface area (Å²) in [6.07, 6.45) is 9.33. The summed E-state index contributed by atoms with van der Waals surface area (Å²) in [7, 11) is 0. The topological polar surface area (TPSA) is 29.9 Å². The number of rotatable bonds is 2. The summed E-state index contributed by atoms with van der Waals surface area (Å²) in [4.78, 5) is 0. The summed E-state index contributed by atoms with van der Waals surface area (Å²) in [6.45, 7) is 6.27. The van der Waals surface area contributed by atoms with Gasteiger partial charge in [0.05, 0.1) is 11.7 Å². The normalized spacial score (nSPS) is 22.1. The number of aryl methyl sites for hydroxylation is 1. The Morgan fingerprint density at radius 1 is 1.62 bits per heavy atom. The summed E-state index contributed by atoms with van der Waals surface area (Å²) in [5.74, 6) is 0. The van der Waals surface area contributed by atoms with Crippen LogP contribution in [0.3, 0.4) is 0 Å². The number of fused-ring (bicyclic) bond motifs is 1. The maximum Gasteiger partial charge on any atom is 0.0708 e. The molecule has 1 aromatic rings. The fraction of sp³-hybridized carbons (Fsp3) is 0.462. The molecule has 1 unspecified atom stereocenters. The van der Waals surface area contributed by atoms with Crippen molar-refractivity contribution in [2.45, 2.75) is 32.9 Å². The van der Waals surface area contributed by atoms with Gasteiger partial charge in [-0.25, -0.2) is 0 Å². The summed E-state index contributed by atoms with van der Waals surface area (Å²) in [5.41, 5.74) is 2.61. The van der Waals surface area contributed by atoms with Crippen LogP contribution in [-0.2, 0) is 6.54 Å². The Morgan fingerprint density at radius 3 is 3.31 bits per heavy atom. The van der Waals surface area contributed by atoms with Gasteiger partial charge in [-0.15, -0.1) is 0 Å². The van der Waals surface area contributed by atoms with Crippen molar-refractivity contribution in [2.75, 3.05) is 6.54 Å². The minimum atomic E-state index is 0.307. The molecule has 2 heterocycles. The lowest BCUT2D eigenvalue weighted by atomic mass is 10.1. The first-order valence-electron chi connectivity index (χ1n) is 5.87. The number of hydrogen-bond acceptors (Lipinski definition) is 2. The summed E-state index contributed by atoms with van der Waals surface area (Å²) in [6, 6.07) is 2.41. The van der Waals surface area contributed by atoms with Gasteiger partial charge in [0.1, 0.15) is 0 Å². The molecule has 3 heteroatoms. The van der Waals surface area contributed by atoms with E-state index in [-0.39, 0.29) is 0 Å². The Hall–Kier alpha value is -1.35. The van der Waals surface area contributed by atoms with Crippen molar-refractivity contribution in [3.8, 4) is 0 Å². The smallest absolute Gasteiger partial charge is 0.0708 e. The van der Waals surface area contributed by atoms with E-state index in [0.29, 0.717) is 6.04 Å². The Balaban J connectivity index is 2.28. The van der Waals surface area contributed by atoms with Crippen molar-refractivity contribution < 1.29 is 0 Å². The minimum Gasteiger partial charge on any atom is -0.305 e. The Kier molecular flexibility index (Phi) is 3.57. The Labute approximate surface area is 96.9 Å². The molecular weight excluding hydrogens is 198 g/mol. The highest BCUT2D eigenvalue weighted by Crippen LogP contribution is 2.23. The first-order valence-corrected chi connectivity index (χ1v) is 5.87. The van der Waals surface area contributed by atoms with Gasteiger partial charge in [-0.3, -0.25) is 4.68 Å². The zero-order valence-corrected chi connectivity index (χ0v) is 9.98. The van der Waals surface area contributed by atoms with Crippen LogP contribution in [0.25, 0.3) is 0 Å². The number of aromatic nitrogens is 2. The standard InChI is InChI=1S/C13H19N3/c1-3-4-6-11(2)13-12-7-9-15-16(12)10-5-8-14-13/h3-4,6-7,9,13-14H,5,8,10H2,1-2H3/b4-3-,11-6+. The second-order valence-electron chi connectivity index (χ2n) is 4.16. The molecular formula is C13H19N3. The monoisotopic (exact) mass is 217 g/mol. The van der Waals surface area contributed by atoms with Gasteiger partial charge in [0, 0.05) is 12.7 Å². The molecule has 86 valence electrons. The van der Waals surface area contributed by atoms with Gasteiger partial charge in [-0.05, 0) is 32.9 Å².